The SMILES string of the molecule is COc1ccc(O[C@@H]2O[C@H](COCc3ccccc3)[C@@H](O[C@H]3O[C@H]4COC(c5ccccc5)O[C@@H]4[C@@H](OCc4ccc5ccccc5c4)[C@H]3OCc3ccccc3)[C@H](OCc3ccccc3)[C@H]2N2C(=O)c3ccccc3C2=O)cc1. The minimum absolute atomic E-state index is 0.0437. The van der Waals surface area contributed by atoms with Crippen LogP contribution >= 0.6 is 0 Å². The Kier molecular flexibility index (Phi) is 16.5. The summed E-state index contributed by atoms with van der Waals surface area (Å²) in [6.07, 6.45) is -9.91. The third-order valence-electron chi connectivity index (χ3n) is 14.9. The van der Waals surface area contributed by atoms with Crippen LogP contribution in [-0.4, -0.2) is 98.4 Å². The van der Waals surface area contributed by atoms with E-state index in [-0.39, 0.29) is 50.8 Å². The van der Waals surface area contributed by atoms with Gasteiger partial charge in [-0.1, -0.05) is 170 Å². The zero-order chi connectivity index (χ0) is 54.2. The average Bonchev–Trinajstić information content (AvgIpc) is 3.79. The number of carbonyl (C=O) groups is 2. The first-order chi connectivity index (χ1) is 39.4. The summed E-state index contributed by atoms with van der Waals surface area (Å²) < 4.78 is 75.5. The van der Waals surface area contributed by atoms with Gasteiger partial charge in [-0.3, -0.25) is 14.5 Å². The normalized spacial score (nSPS) is 25.5. The predicted molar refractivity (Wildman–Crippen MR) is 295 cm³/mol. The maximum atomic E-state index is 14.9. The summed E-state index contributed by atoms with van der Waals surface area (Å²) in [7, 11) is 1.58. The lowest BCUT2D eigenvalue weighted by Gasteiger charge is -2.52. The van der Waals surface area contributed by atoms with Crippen molar-refractivity contribution in [3.8, 4) is 11.5 Å². The molecule has 2 amide bonds. The molecule has 12 rings (SSSR count). The molecule has 14 heteroatoms. The second kappa shape index (κ2) is 24.8. The van der Waals surface area contributed by atoms with Crippen molar-refractivity contribution in [2.45, 2.75) is 94.1 Å². The van der Waals surface area contributed by atoms with Gasteiger partial charge >= 0.3 is 0 Å². The van der Waals surface area contributed by atoms with Gasteiger partial charge in [0.25, 0.3) is 11.8 Å². The molecule has 8 aromatic rings. The second-order valence-corrected chi connectivity index (χ2v) is 20.2. The van der Waals surface area contributed by atoms with Gasteiger partial charge in [-0.05, 0) is 75.5 Å². The van der Waals surface area contributed by atoms with Crippen LogP contribution < -0.4 is 9.47 Å². The van der Waals surface area contributed by atoms with Crippen LogP contribution in [0.3, 0.4) is 0 Å². The quantitative estimate of drug-likeness (QED) is 0.0670. The van der Waals surface area contributed by atoms with E-state index in [1.165, 1.54) is 4.90 Å². The molecule has 0 radical (unpaired) electrons. The Morgan fingerprint density at radius 2 is 1.04 bits per heavy atom. The Labute approximate surface area is 464 Å². The number of methoxy groups -OCH3 is 1. The third-order valence-corrected chi connectivity index (χ3v) is 14.9. The van der Waals surface area contributed by atoms with Gasteiger partial charge < -0.3 is 52.1 Å². The van der Waals surface area contributed by atoms with Gasteiger partial charge in [0.2, 0.25) is 6.29 Å². The van der Waals surface area contributed by atoms with Gasteiger partial charge in [-0.2, -0.15) is 0 Å². The van der Waals surface area contributed by atoms with Crippen LogP contribution in [0.4, 0.5) is 0 Å². The molecule has 0 saturated carbocycles. The number of carbonyl (C=O) groups excluding carboxylic acids is 2. The second-order valence-electron chi connectivity index (χ2n) is 20.2. The summed E-state index contributed by atoms with van der Waals surface area (Å²) in [5.74, 6) is -0.0936. The molecule has 0 N–H and O–H groups in total. The van der Waals surface area contributed by atoms with Gasteiger partial charge in [0.05, 0.1) is 57.9 Å². The predicted octanol–water partition coefficient (Wildman–Crippen LogP) is 10.8. The van der Waals surface area contributed by atoms with Crippen LogP contribution in [0, 0.1) is 0 Å². The number of hydrogen-bond acceptors (Lipinski definition) is 13. The summed E-state index contributed by atoms with van der Waals surface area (Å²) in [6.45, 7) is 0.664. The molecule has 4 heterocycles. The van der Waals surface area contributed by atoms with E-state index in [2.05, 4.69) is 30.3 Å². The Balaban J connectivity index is 0.966. The number of benzene rings is 8. The van der Waals surface area contributed by atoms with Crippen LogP contribution in [-0.2, 0) is 69.1 Å². The molecule has 11 atom stereocenters. The molecule has 0 aromatic heterocycles. The lowest BCUT2D eigenvalue weighted by atomic mass is 9.93. The van der Waals surface area contributed by atoms with Gasteiger partial charge in [0.1, 0.15) is 60.3 Å². The first kappa shape index (κ1) is 53.1. The molecular formula is C66H61NO13. The zero-order valence-corrected chi connectivity index (χ0v) is 44.1. The fraction of sp³-hybridized carbons (Fsp3) is 0.273. The highest BCUT2D eigenvalue weighted by molar-refractivity contribution is 6.21. The van der Waals surface area contributed by atoms with Crippen molar-refractivity contribution in [2.75, 3.05) is 20.3 Å². The summed E-state index contributed by atoms with van der Waals surface area (Å²) in [4.78, 5) is 31.1. The smallest absolute Gasteiger partial charge is 0.262 e. The highest BCUT2D eigenvalue weighted by atomic mass is 16.8. The highest BCUT2D eigenvalue weighted by Crippen LogP contribution is 2.42. The van der Waals surface area contributed by atoms with Gasteiger partial charge in [-0.15, -0.1) is 0 Å². The maximum Gasteiger partial charge on any atom is 0.262 e. The number of imide groups is 1. The van der Waals surface area contributed by atoms with E-state index in [4.69, 9.17) is 52.1 Å². The molecule has 8 aromatic carbocycles. The van der Waals surface area contributed by atoms with Gasteiger partial charge in [0, 0.05) is 5.56 Å². The van der Waals surface area contributed by atoms with E-state index >= 15 is 0 Å². The fourth-order valence-corrected chi connectivity index (χ4v) is 10.9. The van der Waals surface area contributed by atoms with E-state index in [0.717, 1.165) is 38.6 Å². The minimum Gasteiger partial charge on any atom is -0.497 e. The Morgan fingerprint density at radius 3 is 1.69 bits per heavy atom. The molecule has 408 valence electrons. The number of ether oxygens (including phenoxy) is 11. The van der Waals surface area contributed by atoms with Crippen molar-refractivity contribution >= 4 is 22.6 Å². The zero-order valence-electron chi connectivity index (χ0n) is 44.1. The van der Waals surface area contributed by atoms with Crippen LogP contribution in [0.25, 0.3) is 10.8 Å². The summed E-state index contributed by atoms with van der Waals surface area (Å²) >= 11 is 0. The minimum atomic E-state index is -1.33. The van der Waals surface area contributed by atoms with Crippen molar-refractivity contribution in [3.63, 3.8) is 0 Å². The van der Waals surface area contributed by atoms with Crippen LogP contribution in [0.5, 0.6) is 11.5 Å². The lowest BCUT2D eigenvalue weighted by Crippen LogP contribution is -2.70. The molecule has 1 unspecified atom stereocenters. The van der Waals surface area contributed by atoms with Crippen LogP contribution in [0.1, 0.15) is 54.8 Å². The number of hydrogen-bond donors (Lipinski definition) is 0. The van der Waals surface area contributed by atoms with E-state index in [0.29, 0.717) is 11.5 Å². The molecule has 0 aliphatic carbocycles. The maximum absolute atomic E-state index is 14.9. The number of fused-ring (bicyclic) bond motifs is 3. The third kappa shape index (κ3) is 11.8. The van der Waals surface area contributed by atoms with Crippen LogP contribution in [0.15, 0.2) is 212 Å². The largest absolute Gasteiger partial charge is 0.497 e. The molecule has 3 fully saturated rings. The van der Waals surface area contributed by atoms with Crippen molar-refractivity contribution in [1.29, 1.82) is 0 Å². The van der Waals surface area contributed by atoms with E-state index in [9.17, 15) is 9.59 Å². The summed E-state index contributed by atoms with van der Waals surface area (Å²) in [5, 5.41) is 2.18. The molecule has 0 bridgehead atoms. The molecule has 14 nitrogen and oxygen atoms in total. The molecule has 4 aliphatic rings. The van der Waals surface area contributed by atoms with Gasteiger partial charge in [-0.25, -0.2) is 0 Å². The molecule has 3 saturated heterocycles. The molecule has 80 heavy (non-hydrogen) atoms. The lowest BCUT2D eigenvalue weighted by molar-refractivity contribution is -0.391. The fourth-order valence-electron chi connectivity index (χ4n) is 10.9. The standard InChI is InChI=1S/C66H61NO13/c1-70-50-32-34-51(35-33-50)76-65-56(67-62(68)52-28-16-17-29-53(52)63(67)69)59(72-38-44-20-8-3-9-21-44)57(54(77-65)41-71-37-43-18-6-2-7-19-43)80-66-61(74-39-45-22-10-4-11-23-45)60(73-40-46-30-31-47-24-14-15-27-49(47)36-46)58-55(78-66)42-75-64(79-58)48-25-12-5-13-26-48/h2-36,54-61,64-66H,37-42H2,1H3/t54-,55+,56-,57-,58+,59-,60-,61-,64?,65-,66-/m1/s1. The Bertz CT molecular complexity index is 3280. The molecular weight excluding hydrogens is 1010 g/mol. The molecule has 0 spiro atoms. The van der Waals surface area contributed by atoms with E-state index < -0.39 is 79.5 Å². The van der Waals surface area contributed by atoms with E-state index in [1.54, 1.807) is 55.6 Å². The van der Waals surface area contributed by atoms with Crippen molar-refractivity contribution in [2.24, 2.45) is 0 Å². The first-order valence-electron chi connectivity index (χ1n) is 27.0. The highest BCUT2D eigenvalue weighted by Gasteiger charge is 2.59. The topological polar surface area (TPSA) is 139 Å². The number of rotatable bonds is 20. The van der Waals surface area contributed by atoms with Crippen molar-refractivity contribution in [3.05, 3.63) is 251 Å². The number of nitrogens with zero attached hydrogens (tertiary/aromatic N) is 1. The van der Waals surface area contributed by atoms with Crippen molar-refractivity contribution < 1.29 is 61.7 Å². The monoisotopic (exact) mass is 1080 g/mol. The Morgan fingerprint density at radius 1 is 0.487 bits per heavy atom. The average molecular weight is 1080 g/mol. The van der Waals surface area contributed by atoms with Crippen LogP contribution in [0.2, 0.25) is 0 Å². The summed E-state index contributed by atoms with van der Waals surface area (Å²) in [5.41, 5.74) is 4.91. The molecule has 4 aliphatic heterocycles. The first-order valence-corrected chi connectivity index (χ1v) is 27.0. The number of amides is 2. The van der Waals surface area contributed by atoms with E-state index in [1.807, 2.05) is 133 Å². The summed E-state index contributed by atoms with van der Waals surface area (Å²) in [6, 6.07) is 66.0. The Hall–Kier alpha value is -7.60. The van der Waals surface area contributed by atoms with Crippen molar-refractivity contribution in [1.82, 2.24) is 4.90 Å². The van der Waals surface area contributed by atoms with Gasteiger partial charge in [0.15, 0.2) is 12.6 Å².